The molecule has 0 saturated heterocycles. The number of rotatable bonds is 4. The van der Waals surface area contributed by atoms with Crippen LogP contribution < -0.4 is 5.32 Å². The molecular formula is C13H12ClN3O3. The second-order valence-corrected chi connectivity index (χ2v) is 4.90. The minimum absolute atomic E-state index is 0.0379. The monoisotopic (exact) mass is 293 g/mol. The quantitative estimate of drug-likeness (QED) is 0.890. The number of halogens is 1. The minimum atomic E-state index is -1.07. The number of carboxylic acid groups (broad SMARTS) is 1. The Morgan fingerprint density at radius 2 is 2.20 bits per heavy atom. The molecule has 1 aromatic carbocycles. The van der Waals surface area contributed by atoms with E-state index < -0.39 is 12.0 Å². The van der Waals surface area contributed by atoms with Crippen molar-refractivity contribution in [3.05, 3.63) is 28.8 Å². The number of amides is 2. The lowest BCUT2D eigenvalue weighted by Gasteiger charge is -2.21. The van der Waals surface area contributed by atoms with E-state index in [0.717, 1.165) is 12.8 Å². The zero-order valence-electron chi connectivity index (χ0n) is 10.5. The van der Waals surface area contributed by atoms with Crippen molar-refractivity contribution in [1.29, 1.82) is 5.26 Å². The fourth-order valence-electron chi connectivity index (χ4n) is 1.78. The van der Waals surface area contributed by atoms with Crippen molar-refractivity contribution in [1.82, 2.24) is 4.90 Å². The van der Waals surface area contributed by atoms with Crippen molar-refractivity contribution in [3.63, 3.8) is 0 Å². The molecule has 7 heteroatoms. The summed E-state index contributed by atoms with van der Waals surface area (Å²) in [5.74, 6) is -1.07. The lowest BCUT2D eigenvalue weighted by molar-refractivity contribution is -0.137. The molecule has 1 aromatic rings. The third-order valence-corrected chi connectivity index (χ3v) is 3.22. The van der Waals surface area contributed by atoms with E-state index in [9.17, 15) is 9.59 Å². The SMILES string of the molecule is N#Cc1ccc(Cl)c(NC(=O)N(CC(=O)O)C2CC2)c1. The summed E-state index contributed by atoms with van der Waals surface area (Å²) >= 11 is 5.94. The van der Waals surface area contributed by atoms with Crippen LogP contribution in [0.2, 0.25) is 5.02 Å². The highest BCUT2D eigenvalue weighted by molar-refractivity contribution is 6.33. The number of nitrogens with zero attached hydrogens (tertiary/aromatic N) is 2. The standard InChI is InChI=1S/C13H12ClN3O3/c14-10-4-1-8(6-15)5-11(10)16-13(20)17(7-12(18)19)9-2-3-9/h1,4-5,9H,2-3,7H2,(H,16,20)(H,18,19). The van der Waals surface area contributed by atoms with Gasteiger partial charge in [0.05, 0.1) is 22.3 Å². The molecule has 0 aliphatic heterocycles. The van der Waals surface area contributed by atoms with Crippen LogP contribution in [0.15, 0.2) is 18.2 Å². The van der Waals surface area contributed by atoms with E-state index >= 15 is 0 Å². The summed E-state index contributed by atoms with van der Waals surface area (Å²) in [4.78, 5) is 24.1. The first-order valence-corrected chi connectivity index (χ1v) is 6.38. The predicted molar refractivity (Wildman–Crippen MR) is 72.5 cm³/mol. The highest BCUT2D eigenvalue weighted by atomic mass is 35.5. The highest BCUT2D eigenvalue weighted by Gasteiger charge is 2.34. The van der Waals surface area contributed by atoms with Crippen molar-refractivity contribution in [2.24, 2.45) is 0 Å². The molecule has 0 aromatic heterocycles. The van der Waals surface area contributed by atoms with Crippen LogP contribution >= 0.6 is 11.6 Å². The molecule has 2 N–H and O–H groups in total. The molecule has 0 radical (unpaired) electrons. The third-order valence-electron chi connectivity index (χ3n) is 2.89. The highest BCUT2D eigenvalue weighted by Crippen LogP contribution is 2.28. The fraction of sp³-hybridized carbons (Fsp3) is 0.308. The number of nitriles is 1. The Morgan fingerprint density at radius 1 is 1.50 bits per heavy atom. The first-order chi connectivity index (χ1) is 9.51. The molecule has 104 valence electrons. The Balaban J connectivity index is 2.13. The van der Waals surface area contributed by atoms with E-state index in [1.807, 2.05) is 6.07 Å². The Bertz CT molecular complexity index is 593. The summed E-state index contributed by atoms with van der Waals surface area (Å²) < 4.78 is 0. The van der Waals surface area contributed by atoms with E-state index in [1.54, 1.807) is 0 Å². The van der Waals surface area contributed by atoms with Crippen molar-refractivity contribution in [2.45, 2.75) is 18.9 Å². The number of hydrogen-bond donors (Lipinski definition) is 2. The number of urea groups is 1. The van der Waals surface area contributed by atoms with Crippen molar-refractivity contribution in [2.75, 3.05) is 11.9 Å². The zero-order chi connectivity index (χ0) is 14.7. The van der Waals surface area contributed by atoms with Crippen LogP contribution in [0.5, 0.6) is 0 Å². The maximum absolute atomic E-state index is 12.1. The van der Waals surface area contributed by atoms with Crippen LogP contribution in [-0.2, 0) is 4.79 Å². The summed E-state index contributed by atoms with van der Waals surface area (Å²) in [6.45, 7) is -0.355. The van der Waals surface area contributed by atoms with Gasteiger partial charge in [0.15, 0.2) is 0 Å². The van der Waals surface area contributed by atoms with Gasteiger partial charge in [-0.1, -0.05) is 11.6 Å². The van der Waals surface area contributed by atoms with Gasteiger partial charge in [-0.3, -0.25) is 4.79 Å². The number of carbonyl (C=O) groups is 2. The predicted octanol–water partition coefficient (Wildman–Crippen LogP) is 2.29. The number of carboxylic acids is 1. The summed E-state index contributed by atoms with van der Waals surface area (Å²) in [6.07, 6.45) is 1.60. The molecule has 2 amide bonds. The van der Waals surface area contributed by atoms with E-state index in [0.29, 0.717) is 16.3 Å². The largest absolute Gasteiger partial charge is 0.480 e. The molecule has 0 unspecified atom stereocenters. The van der Waals surface area contributed by atoms with Crippen LogP contribution in [0.1, 0.15) is 18.4 Å². The number of hydrogen-bond acceptors (Lipinski definition) is 3. The van der Waals surface area contributed by atoms with Crippen molar-refractivity contribution in [3.8, 4) is 6.07 Å². The summed E-state index contributed by atoms with van der Waals surface area (Å²) in [7, 11) is 0. The molecule has 0 heterocycles. The molecule has 1 aliphatic carbocycles. The van der Waals surface area contributed by atoms with Gasteiger partial charge < -0.3 is 15.3 Å². The molecule has 1 fully saturated rings. The molecular weight excluding hydrogens is 282 g/mol. The van der Waals surface area contributed by atoms with Gasteiger partial charge in [-0.25, -0.2) is 4.79 Å². The van der Waals surface area contributed by atoms with E-state index in [-0.39, 0.29) is 12.6 Å². The second-order valence-electron chi connectivity index (χ2n) is 4.49. The average molecular weight is 294 g/mol. The molecule has 0 spiro atoms. The zero-order valence-corrected chi connectivity index (χ0v) is 11.2. The first-order valence-electron chi connectivity index (χ1n) is 6.00. The van der Waals surface area contributed by atoms with E-state index in [4.69, 9.17) is 22.0 Å². The number of carbonyl (C=O) groups excluding carboxylic acids is 1. The Hall–Kier alpha value is -2.26. The number of benzene rings is 1. The van der Waals surface area contributed by atoms with Crippen LogP contribution in [0, 0.1) is 11.3 Å². The first kappa shape index (κ1) is 14.2. The topological polar surface area (TPSA) is 93.4 Å². The second kappa shape index (κ2) is 5.80. The lowest BCUT2D eigenvalue weighted by Crippen LogP contribution is -2.40. The minimum Gasteiger partial charge on any atom is -0.480 e. The van der Waals surface area contributed by atoms with Gasteiger partial charge in [0.25, 0.3) is 0 Å². The summed E-state index contributed by atoms with van der Waals surface area (Å²) in [6, 6.07) is 5.88. The van der Waals surface area contributed by atoms with Gasteiger partial charge in [-0.15, -0.1) is 0 Å². The van der Waals surface area contributed by atoms with Gasteiger partial charge in [0.1, 0.15) is 6.54 Å². The number of anilines is 1. The Morgan fingerprint density at radius 3 is 2.75 bits per heavy atom. The molecule has 0 bridgehead atoms. The smallest absolute Gasteiger partial charge is 0.323 e. The van der Waals surface area contributed by atoms with E-state index in [1.165, 1.54) is 23.1 Å². The molecule has 0 atom stereocenters. The van der Waals surface area contributed by atoms with Gasteiger partial charge in [0, 0.05) is 6.04 Å². The van der Waals surface area contributed by atoms with Gasteiger partial charge >= 0.3 is 12.0 Å². The third kappa shape index (κ3) is 3.39. The number of aliphatic carboxylic acids is 1. The van der Waals surface area contributed by atoms with Gasteiger partial charge in [-0.05, 0) is 31.0 Å². The van der Waals surface area contributed by atoms with Crippen LogP contribution in [0.3, 0.4) is 0 Å². The fourth-order valence-corrected chi connectivity index (χ4v) is 1.94. The molecule has 1 saturated carbocycles. The van der Waals surface area contributed by atoms with Gasteiger partial charge in [0.2, 0.25) is 0 Å². The summed E-state index contributed by atoms with van der Waals surface area (Å²) in [5.41, 5.74) is 0.660. The Labute approximate surface area is 120 Å². The molecule has 20 heavy (non-hydrogen) atoms. The normalized spacial score (nSPS) is 13.4. The van der Waals surface area contributed by atoms with Crippen LogP contribution in [0.25, 0.3) is 0 Å². The molecule has 6 nitrogen and oxygen atoms in total. The van der Waals surface area contributed by atoms with Crippen molar-refractivity contribution >= 4 is 29.3 Å². The average Bonchev–Trinajstić information content (AvgIpc) is 3.22. The maximum atomic E-state index is 12.1. The van der Waals surface area contributed by atoms with E-state index in [2.05, 4.69) is 5.32 Å². The van der Waals surface area contributed by atoms with Crippen molar-refractivity contribution < 1.29 is 14.7 Å². The Kier molecular flexibility index (Phi) is 4.11. The molecule has 2 rings (SSSR count). The maximum Gasteiger partial charge on any atom is 0.323 e. The van der Waals surface area contributed by atoms with Gasteiger partial charge in [-0.2, -0.15) is 5.26 Å². The number of nitrogens with one attached hydrogen (secondary N) is 1. The summed E-state index contributed by atoms with van der Waals surface area (Å²) in [5, 5.41) is 20.5. The van der Waals surface area contributed by atoms with Crippen LogP contribution in [-0.4, -0.2) is 34.6 Å². The molecule has 1 aliphatic rings. The lowest BCUT2D eigenvalue weighted by atomic mass is 10.2. The van der Waals surface area contributed by atoms with Crippen LogP contribution in [0.4, 0.5) is 10.5 Å².